The largest absolute Gasteiger partial charge is 0.264 e. The van der Waals surface area contributed by atoms with Gasteiger partial charge < -0.3 is 0 Å². The lowest BCUT2D eigenvalue weighted by molar-refractivity contribution is 1.06. The Labute approximate surface area is 150 Å². The highest BCUT2D eigenvalue weighted by atomic mass is 35.5. The highest BCUT2D eigenvalue weighted by Gasteiger charge is 2.09. The standard InChI is InChI=1S/C20H13ClN4/c21-20-24-18(23-19(25-20)17-7-4-12-22-13-17)16-10-8-15(9-11-16)14-5-2-1-3-6-14/h1-13H. The third-order valence-corrected chi connectivity index (χ3v) is 3.95. The second kappa shape index (κ2) is 6.79. The minimum atomic E-state index is 0.163. The molecule has 0 spiro atoms. The molecule has 0 unspecified atom stereocenters. The van der Waals surface area contributed by atoms with Gasteiger partial charge in [-0.1, -0.05) is 54.6 Å². The summed E-state index contributed by atoms with van der Waals surface area (Å²) >= 11 is 6.09. The van der Waals surface area contributed by atoms with E-state index >= 15 is 0 Å². The molecule has 0 atom stereocenters. The normalized spacial score (nSPS) is 10.6. The van der Waals surface area contributed by atoms with Gasteiger partial charge in [0.1, 0.15) is 0 Å². The molecular formula is C20H13ClN4. The van der Waals surface area contributed by atoms with Crippen molar-refractivity contribution in [3.8, 4) is 33.9 Å². The Morgan fingerprint density at radius 2 is 1.16 bits per heavy atom. The highest BCUT2D eigenvalue weighted by Crippen LogP contribution is 2.25. The molecule has 0 saturated heterocycles. The van der Waals surface area contributed by atoms with Crippen LogP contribution in [0, 0.1) is 0 Å². The van der Waals surface area contributed by atoms with E-state index in [9.17, 15) is 0 Å². The van der Waals surface area contributed by atoms with Gasteiger partial charge in [-0.3, -0.25) is 4.98 Å². The van der Waals surface area contributed by atoms with Crippen LogP contribution in [0.2, 0.25) is 5.28 Å². The molecule has 0 N–H and O–H groups in total. The maximum absolute atomic E-state index is 6.09. The van der Waals surface area contributed by atoms with Crippen LogP contribution >= 0.6 is 11.6 Å². The number of halogens is 1. The molecule has 0 fully saturated rings. The molecule has 0 bridgehead atoms. The maximum Gasteiger partial charge on any atom is 0.226 e. The van der Waals surface area contributed by atoms with Gasteiger partial charge >= 0.3 is 0 Å². The molecular weight excluding hydrogens is 332 g/mol. The van der Waals surface area contributed by atoms with E-state index in [0.717, 1.165) is 16.7 Å². The van der Waals surface area contributed by atoms with Crippen molar-refractivity contribution < 1.29 is 0 Å². The van der Waals surface area contributed by atoms with Gasteiger partial charge in [0.15, 0.2) is 11.6 Å². The second-order valence-electron chi connectivity index (χ2n) is 5.44. The van der Waals surface area contributed by atoms with Gasteiger partial charge in [0.05, 0.1) is 0 Å². The summed E-state index contributed by atoms with van der Waals surface area (Å²) < 4.78 is 0. The van der Waals surface area contributed by atoms with Gasteiger partial charge in [-0.15, -0.1) is 0 Å². The zero-order valence-electron chi connectivity index (χ0n) is 13.2. The van der Waals surface area contributed by atoms with Crippen molar-refractivity contribution in [2.75, 3.05) is 0 Å². The van der Waals surface area contributed by atoms with Crippen molar-refractivity contribution in [2.45, 2.75) is 0 Å². The van der Waals surface area contributed by atoms with E-state index in [0.29, 0.717) is 11.6 Å². The lowest BCUT2D eigenvalue weighted by Gasteiger charge is -2.06. The fraction of sp³-hybridized carbons (Fsp3) is 0. The first-order valence-electron chi connectivity index (χ1n) is 7.77. The Morgan fingerprint density at radius 3 is 1.84 bits per heavy atom. The van der Waals surface area contributed by atoms with Crippen LogP contribution < -0.4 is 0 Å². The lowest BCUT2D eigenvalue weighted by Crippen LogP contribution is -1.97. The predicted molar refractivity (Wildman–Crippen MR) is 98.9 cm³/mol. The first kappa shape index (κ1) is 15.4. The SMILES string of the molecule is Clc1nc(-c2ccc(-c3ccccc3)cc2)nc(-c2cccnc2)n1. The summed E-state index contributed by atoms with van der Waals surface area (Å²) in [7, 11) is 0. The maximum atomic E-state index is 6.09. The van der Waals surface area contributed by atoms with Crippen LogP contribution in [-0.2, 0) is 0 Å². The molecule has 2 heterocycles. The van der Waals surface area contributed by atoms with E-state index < -0.39 is 0 Å². The molecule has 0 aliphatic heterocycles. The summed E-state index contributed by atoms with van der Waals surface area (Å²) in [6.45, 7) is 0. The second-order valence-corrected chi connectivity index (χ2v) is 5.77. The van der Waals surface area contributed by atoms with Crippen LogP contribution in [0.4, 0.5) is 0 Å². The fourth-order valence-corrected chi connectivity index (χ4v) is 2.71. The Kier molecular flexibility index (Phi) is 4.19. The minimum Gasteiger partial charge on any atom is -0.264 e. The van der Waals surface area contributed by atoms with Gasteiger partial charge in [0, 0.05) is 23.5 Å². The Balaban J connectivity index is 1.71. The molecule has 5 heteroatoms. The number of hydrogen-bond donors (Lipinski definition) is 0. The molecule has 0 aliphatic carbocycles. The summed E-state index contributed by atoms with van der Waals surface area (Å²) in [4.78, 5) is 17.1. The number of nitrogens with zero attached hydrogens (tertiary/aromatic N) is 4. The predicted octanol–water partition coefficient (Wildman–Crippen LogP) is 4.92. The van der Waals surface area contributed by atoms with Crippen molar-refractivity contribution in [3.05, 3.63) is 84.4 Å². The molecule has 120 valence electrons. The number of aromatic nitrogens is 4. The molecule has 4 nitrogen and oxygen atoms in total. The van der Waals surface area contributed by atoms with Crippen LogP contribution in [0.3, 0.4) is 0 Å². The summed E-state index contributed by atoms with van der Waals surface area (Å²) in [6.07, 6.45) is 3.41. The molecule has 2 aromatic carbocycles. The number of hydrogen-bond acceptors (Lipinski definition) is 4. The van der Waals surface area contributed by atoms with Gasteiger partial charge in [0.2, 0.25) is 5.28 Å². The zero-order chi connectivity index (χ0) is 17.1. The highest BCUT2D eigenvalue weighted by molar-refractivity contribution is 6.28. The van der Waals surface area contributed by atoms with Crippen molar-refractivity contribution in [1.82, 2.24) is 19.9 Å². The first-order valence-corrected chi connectivity index (χ1v) is 8.15. The fourth-order valence-electron chi connectivity index (χ4n) is 2.55. The molecule has 0 radical (unpaired) electrons. The van der Waals surface area contributed by atoms with Crippen molar-refractivity contribution in [2.24, 2.45) is 0 Å². The van der Waals surface area contributed by atoms with Gasteiger partial charge in [-0.05, 0) is 34.9 Å². The molecule has 0 amide bonds. The summed E-state index contributed by atoms with van der Waals surface area (Å²) in [5, 5.41) is 0.163. The van der Waals surface area contributed by atoms with E-state index in [1.807, 2.05) is 54.6 Å². The van der Waals surface area contributed by atoms with Gasteiger partial charge in [0.25, 0.3) is 0 Å². The average molecular weight is 345 g/mol. The summed E-state index contributed by atoms with van der Waals surface area (Å²) in [5.41, 5.74) is 3.99. The minimum absolute atomic E-state index is 0.163. The van der Waals surface area contributed by atoms with Gasteiger partial charge in [-0.25, -0.2) is 4.98 Å². The van der Waals surface area contributed by atoms with E-state index in [-0.39, 0.29) is 5.28 Å². The van der Waals surface area contributed by atoms with Crippen LogP contribution in [0.25, 0.3) is 33.9 Å². The molecule has 0 aliphatic rings. The van der Waals surface area contributed by atoms with E-state index in [1.165, 1.54) is 5.56 Å². The Hall–Kier alpha value is -3.11. The first-order chi connectivity index (χ1) is 12.3. The number of pyridine rings is 1. The summed E-state index contributed by atoms with van der Waals surface area (Å²) in [6, 6.07) is 22.0. The third kappa shape index (κ3) is 3.39. The average Bonchev–Trinajstić information content (AvgIpc) is 2.69. The monoisotopic (exact) mass is 344 g/mol. The molecule has 2 aromatic heterocycles. The Morgan fingerprint density at radius 1 is 0.560 bits per heavy atom. The summed E-state index contributed by atoms with van der Waals surface area (Å²) in [5.74, 6) is 1.05. The van der Waals surface area contributed by atoms with Gasteiger partial charge in [-0.2, -0.15) is 9.97 Å². The quantitative estimate of drug-likeness (QED) is 0.529. The van der Waals surface area contributed by atoms with Crippen LogP contribution in [0.1, 0.15) is 0 Å². The zero-order valence-corrected chi connectivity index (χ0v) is 13.9. The van der Waals surface area contributed by atoms with Crippen molar-refractivity contribution in [3.63, 3.8) is 0 Å². The topological polar surface area (TPSA) is 51.6 Å². The number of benzene rings is 2. The molecule has 25 heavy (non-hydrogen) atoms. The van der Waals surface area contributed by atoms with Crippen LogP contribution in [0.15, 0.2) is 79.1 Å². The van der Waals surface area contributed by atoms with E-state index in [2.05, 4.69) is 32.1 Å². The number of rotatable bonds is 3. The van der Waals surface area contributed by atoms with E-state index in [4.69, 9.17) is 11.6 Å². The lowest BCUT2D eigenvalue weighted by atomic mass is 10.0. The van der Waals surface area contributed by atoms with Crippen LogP contribution in [0.5, 0.6) is 0 Å². The van der Waals surface area contributed by atoms with E-state index in [1.54, 1.807) is 12.4 Å². The van der Waals surface area contributed by atoms with Crippen molar-refractivity contribution in [1.29, 1.82) is 0 Å². The molecule has 0 saturated carbocycles. The molecule has 4 aromatic rings. The smallest absolute Gasteiger partial charge is 0.226 e. The third-order valence-electron chi connectivity index (χ3n) is 3.78. The Bertz CT molecular complexity index is 987. The van der Waals surface area contributed by atoms with Crippen LogP contribution in [-0.4, -0.2) is 19.9 Å². The van der Waals surface area contributed by atoms with Crippen molar-refractivity contribution >= 4 is 11.6 Å². The molecule has 4 rings (SSSR count).